The summed E-state index contributed by atoms with van der Waals surface area (Å²) in [4.78, 5) is 0. The molecule has 7 aliphatic carbocycles. The first-order chi connectivity index (χ1) is 11.2. The molecule has 4 N–H and O–H groups in total. The standard InChI is InChI=1S/C21H26N2/c22-14-1-3-16-17-4-2-15(23)10-20(17)21(19(16)9-14)13-6-11-5-12(8-13)18(21)7-11/h9-13,18H,1-8,22-23H2. The van der Waals surface area contributed by atoms with Crippen LogP contribution in [0, 0.1) is 29.1 Å². The molecule has 4 atom stereocenters. The highest BCUT2D eigenvalue weighted by Crippen LogP contribution is 2.75. The summed E-state index contributed by atoms with van der Waals surface area (Å²) in [7, 11) is 0. The number of nitrogens with two attached hydrogens (primary N) is 2. The summed E-state index contributed by atoms with van der Waals surface area (Å²) in [6.07, 6.45) is 15.1. The average molecular weight is 306 g/mol. The zero-order valence-corrected chi connectivity index (χ0v) is 13.8. The van der Waals surface area contributed by atoms with E-state index >= 15 is 0 Å². The maximum Gasteiger partial charge on any atom is 0.0269 e. The molecule has 4 fully saturated rings. The zero-order valence-electron chi connectivity index (χ0n) is 13.8. The molecule has 0 aromatic heterocycles. The fraction of sp³-hybridized carbons (Fsp3) is 0.619. The van der Waals surface area contributed by atoms with Crippen molar-refractivity contribution in [2.75, 3.05) is 0 Å². The highest BCUT2D eigenvalue weighted by Gasteiger charge is 2.66. The van der Waals surface area contributed by atoms with E-state index in [-0.39, 0.29) is 0 Å². The van der Waals surface area contributed by atoms with Crippen molar-refractivity contribution in [2.45, 2.75) is 51.4 Å². The Labute approximate surface area is 138 Å². The van der Waals surface area contributed by atoms with Crippen molar-refractivity contribution >= 4 is 0 Å². The predicted octanol–water partition coefficient (Wildman–Crippen LogP) is 3.92. The van der Waals surface area contributed by atoms with Gasteiger partial charge in [-0.2, -0.15) is 0 Å². The van der Waals surface area contributed by atoms with Gasteiger partial charge in [0.1, 0.15) is 0 Å². The van der Waals surface area contributed by atoms with Crippen LogP contribution in [0.4, 0.5) is 0 Å². The van der Waals surface area contributed by atoms with Gasteiger partial charge in [-0.1, -0.05) is 0 Å². The molecule has 0 saturated heterocycles. The molecule has 0 radical (unpaired) electrons. The molecular formula is C21H26N2. The number of hydrogen-bond acceptors (Lipinski definition) is 2. The second-order valence-electron chi connectivity index (χ2n) is 8.96. The van der Waals surface area contributed by atoms with Crippen molar-refractivity contribution in [3.05, 3.63) is 45.8 Å². The van der Waals surface area contributed by atoms with Crippen LogP contribution in [0.2, 0.25) is 0 Å². The molecule has 7 rings (SSSR count). The Hall–Kier alpha value is -1.44. The van der Waals surface area contributed by atoms with E-state index in [9.17, 15) is 0 Å². The lowest BCUT2D eigenvalue weighted by Gasteiger charge is -2.46. The van der Waals surface area contributed by atoms with E-state index in [0.29, 0.717) is 5.41 Å². The predicted molar refractivity (Wildman–Crippen MR) is 91.9 cm³/mol. The molecule has 0 aliphatic heterocycles. The topological polar surface area (TPSA) is 52.0 Å². The third kappa shape index (κ3) is 1.35. The number of allylic oxidation sites excluding steroid dienone is 8. The van der Waals surface area contributed by atoms with Crippen LogP contribution in [0.5, 0.6) is 0 Å². The molecule has 1 spiro atoms. The van der Waals surface area contributed by atoms with Crippen LogP contribution >= 0.6 is 0 Å². The van der Waals surface area contributed by atoms with Gasteiger partial charge in [0.25, 0.3) is 0 Å². The lowest BCUT2D eigenvalue weighted by Crippen LogP contribution is -2.39. The fourth-order valence-electron chi connectivity index (χ4n) is 7.64. The maximum absolute atomic E-state index is 6.32. The van der Waals surface area contributed by atoms with Gasteiger partial charge in [-0.05, 0) is 109 Å². The summed E-state index contributed by atoms with van der Waals surface area (Å²) in [5.41, 5.74) is 21.8. The fourth-order valence-corrected chi connectivity index (χ4v) is 7.64. The van der Waals surface area contributed by atoms with Gasteiger partial charge in [-0.15, -0.1) is 0 Å². The first-order valence-electron chi connectivity index (χ1n) is 9.57. The van der Waals surface area contributed by atoms with E-state index in [2.05, 4.69) is 12.2 Å². The number of fused-ring (bicyclic) bond motifs is 1. The molecule has 4 saturated carbocycles. The van der Waals surface area contributed by atoms with Crippen LogP contribution in [0.3, 0.4) is 0 Å². The monoisotopic (exact) mass is 306 g/mol. The molecular weight excluding hydrogens is 280 g/mol. The van der Waals surface area contributed by atoms with Gasteiger partial charge >= 0.3 is 0 Å². The van der Waals surface area contributed by atoms with Crippen molar-refractivity contribution in [1.29, 1.82) is 0 Å². The largest absolute Gasteiger partial charge is 0.402 e. The molecule has 0 aromatic rings. The Morgan fingerprint density at radius 2 is 1.43 bits per heavy atom. The highest BCUT2D eigenvalue weighted by molar-refractivity contribution is 5.65. The van der Waals surface area contributed by atoms with Gasteiger partial charge in [0.15, 0.2) is 0 Å². The normalized spacial score (nSPS) is 42.3. The van der Waals surface area contributed by atoms with E-state index in [1.165, 1.54) is 38.5 Å². The quantitative estimate of drug-likeness (QED) is 0.712. The van der Waals surface area contributed by atoms with Gasteiger partial charge in [-0.3, -0.25) is 0 Å². The molecule has 0 aromatic carbocycles. The van der Waals surface area contributed by atoms with Gasteiger partial charge in [0.05, 0.1) is 0 Å². The second kappa shape index (κ2) is 3.96. The van der Waals surface area contributed by atoms with Gasteiger partial charge in [0, 0.05) is 16.8 Å². The van der Waals surface area contributed by atoms with Crippen molar-refractivity contribution in [1.82, 2.24) is 0 Å². The van der Waals surface area contributed by atoms with Gasteiger partial charge < -0.3 is 11.5 Å². The van der Waals surface area contributed by atoms with Crippen molar-refractivity contribution in [2.24, 2.45) is 40.6 Å². The summed E-state index contributed by atoms with van der Waals surface area (Å²) in [6.45, 7) is 0. The van der Waals surface area contributed by atoms with E-state index < -0.39 is 0 Å². The van der Waals surface area contributed by atoms with E-state index in [0.717, 1.165) is 47.9 Å². The Bertz CT molecular complexity index is 700. The zero-order chi connectivity index (χ0) is 15.3. The van der Waals surface area contributed by atoms with E-state index in [1.807, 2.05) is 0 Å². The van der Waals surface area contributed by atoms with Crippen molar-refractivity contribution in [3.63, 3.8) is 0 Å². The number of rotatable bonds is 0. The van der Waals surface area contributed by atoms with Crippen molar-refractivity contribution in [3.8, 4) is 0 Å². The average Bonchev–Trinajstić information content (AvgIpc) is 3.05. The minimum absolute atomic E-state index is 0.304. The van der Waals surface area contributed by atoms with E-state index in [1.54, 1.807) is 22.3 Å². The first kappa shape index (κ1) is 12.9. The summed E-state index contributed by atoms with van der Waals surface area (Å²) in [5, 5.41) is 0. The molecule has 4 unspecified atom stereocenters. The summed E-state index contributed by atoms with van der Waals surface area (Å²) in [5.74, 6) is 3.70. The Kier molecular flexibility index (Phi) is 2.23. The molecule has 0 amide bonds. The third-order valence-electron chi connectivity index (χ3n) is 8.12. The molecule has 120 valence electrons. The van der Waals surface area contributed by atoms with Gasteiger partial charge in [-0.25, -0.2) is 0 Å². The number of hydrogen-bond donors (Lipinski definition) is 2. The van der Waals surface area contributed by atoms with Crippen LogP contribution in [0.15, 0.2) is 45.8 Å². The molecule has 2 nitrogen and oxygen atoms in total. The van der Waals surface area contributed by atoms with E-state index in [4.69, 9.17) is 11.5 Å². The van der Waals surface area contributed by atoms with Crippen LogP contribution in [-0.4, -0.2) is 0 Å². The molecule has 23 heavy (non-hydrogen) atoms. The second-order valence-corrected chi connectivity index (χ2v) is 8.96. The minimum Gasteiger partial charge on any atom is -0.402 e. The SMILES string of the molecule is NC1=CC2=C(CC1)C1=C(C=C(N)CC1)C21C2CC3CC(C2)C1C3. The van der Waals surface area contributed by atoms with Crippen LogP contribution in [0.25, 0.3) is 0 Å². The smallest absolute Gasteiger partial charge is 0.0269 e. The molecule has 4 bridgehead atoms. The Morgan fingerprint density at radius 1 is 0.783 bits per heavy atom. The molecule has 0 heterocycles. The van der Waals surface area contributed by atoms with Crippen LogP contribution in [0.1, 0.15) is 51.4 Å². The Morgan fingerprint density at radius 3 is 2.04 bits per heavy atom. The third-order valence-corrected chi connectivity index (χ3v) is 8.12. The van der Waals surface area contributed by atoms with Crippen molar-refractivity contribution < 1.29 is 0 Å². The Balaban J connectivity index is 1.64. The molecule has 2 heteroatoms. The lowest BCUT2D eigenvalue weighted by atomic mass is 9.57. The summed E-state index contributed by atoms with van der Waals surface area (Å²) in [6, 6.07) is 0. The summed E-state index contributed by atoms with van der Waals surface area (Å²) < 4.78 is 0. The maximum atomic E-state index is 6.32. The summed E-state index contributed by atoms with van der Waals surface area (Å²) >= 11 is 0. The lowest BCUT2D eigenvalue weighted by molar-refractivity contribution is 0.153. The van der Waals surface area contributed by atoms with Crippen LogP contribution in [-0.2, 0) is 0 Å². The highest BCUT2D eigenvalue weighted by atomic mass is 14.7. The first-order valence-corrected chi connectivity index (χ1v) is 9.57. The van der Waals surface area contributed by atoms with Crippen LogP contribution < -0.4 is 11.5 Å². The minimum atomic E-state index is 0.304. The van der Waals surface area contributed by atoms with Gasteiger partial charge in [0.2, 0.25) is 0 Å². The molecule has 7 aliphatic rings.